The van der Waals surface area contributed by atoms with Crippen LogP contribution in [0.25, 0.3) is 0 Å². The second-order valence-electron chi connectivity index (χ2n) is 3.91. The van der Waals surface area contributed by atoms with Crippen LogP contribution in [0.1, 0.15) is 17.3 Å². The van der Waals surface area contributed by atoms with Crippen LogP contribution in [0.2, 0.25) is 10.0 Å². The van der Waals surface area contributed by atoms with Gasteiger partial charge in [0.05, 0.1) is 21.7 Å². The van der Waals surface area contributed by atoms with Crippen LogP contribution in [-0.4, -0.2) is 36.8 Å². The molecular formula is C12H16Cl2N2O2. The fourth-order valence-corrected chi connectivity index (χ4v) is 1.95. The number of benzene rings is 1. The van der Waals surface area contributed by atoms with E-state index in [1.807, 2.05) is 0 Å². The summed E-state index contributed by atoms with van der Waals surface area (Å²) < 4.78 is 0. The van der Waals surface area contributed by atoms with Crippen molar-refractivity contribution in [1.29, 1.82) is 0 Å². The van der Waals surface area contributed by atoms with Crippen molar-refractivity contribution in [3.05, 3.63) is 33.8 Å². The fraction of sp³-hybridized carbons (Fsp3) is 0.417. The second kappa shape index (κ2) is 7.59. The van der Waals surface area contributed by atoms with Gasteiger partial charge in [-0.2, -0.15) is 0 Å². The number of halogens is 2. The summed E-state index contributed by atoms with van der Waals surface area (Å²) in [6, 6.07) is 4.92. The van der Waals surface area contributed by atoms with Crippen LogP contribution >= 0.6 is 23.2 Å². The van der Waals surface area contributed by atoms with Crippen LogP contribution in [0, 0.1) is 0 Å². The predicted octanol–water partition coefficient (Wildman–Crippen LogP) is 1.69. The van der Waals surface area contributed by atoms with Crippen molar-refractivity contribution in [1.82, 2.24) is 10.6 Å². The zero-order valence-electron chi connectivity index (χ0n) is 10.0. The van der Waals surface area contributed by atoms with E-state index >= 15 is 0 Å². The Morgan fingerprint density at radius 3 is 2.50 bits per heavy atom. The molecule has 0 bridgehead atoms. The lowest BCUT2D eigenvalue weighted by atomic mass is 10.2. The summed E-state index contributed by atoms with van der Waals surface area (Å²) in [5.74, 6) is -0.301. The molecule has 1 unspecified atom stereocenters. The third-order valence-corrected chi connectivity index (χ3v) is 2.85. The molecule has 0 fully saturated rings. The number of rotatable bonds is 6. The largest absolute Gasteiger partial charge is 0.392 e. The Balaban J connectivity index is 2.41. The van der Waals surface area contributed by atoms with Crippen LogP contribution < -0.4 is 10.6 Å². The molecule has 0 aliphatic rings. The van der Waals surface area contributed by atoms with Gasteiger partial charge in [0, 0.05) is 19.6 Å². The molecule has 3 N–H and O–H groups in total. The second-order valence-corrected chi connectivity index (χ2v) is 4.72. The minimum atomic E-state index is -0.404. The minimum absolute atomic E-state index is 0.288. The zero-order valence-corrected chi connectivity index (χ0v) is 11.6. The summed E-state index contributed by atoms with van der Waals surface area (Å²) in [4.78, 5) is 11.8. The quantitative estimate of drug-likeness (QED) is 0.699. The molecule has 1 aromatic rings. The molecule has 0 aliphatic carbocycles. The predicted molar refractivity (Wildman–Crippen MR) is 73.3 cm³/mol. The molecule has 1 atom stereocenters. The maximum absolute atomic E-state index is 11.8. The van der Waals surface area contributed by atoms with Gasteiger partial charge in [0.2, 0.25) is 0 Å². The van der Waals surface area contributed by atoms with Gasteiger partial charge in [-0.25, -0.2) is 0 Å². The van der Waals surface area contributed by atoms with E-state index in [1.165, 1.54) is 0 Å². The Kier molecular flexibility index (Phi) is 6.43. The molecule has 0 heterocycles. The lowest BCUT2D eigenvalue weighted by Crippen LogP contribution is -2.34. The van der Waals surface area contributed by atoms with Crippen LogP contribution in [-0.2, 0) is 0 Å². The Labute approximate surface area is 116 Å². The van der Waals surface area contributed by atoms with Crippen LogP contribution in [0.4, 0.5) is 0 Å². The number of hydrogen-bond acceptors (Lipinski definition) is 3. The monoisotopic (exact) mass is 290 g/mol. The molecule has 1 rings (SSSR count). The minimum Gasteiger partial charge on any atom is -0.392 e. The summed E-state index contributed by atoms with van der Waals surface area (Å²) in [5, 5.41) is 15.4. The van der Waals surface area contributed by atoms with Crippen LogP contribution in [0.5, 0.6) is 0 Å². The molecule has 0 spiro atoms. The van der Waals surface area contributed by atoms with Gasteiger partial charge in [0.25, 0.3) is 5.91 Å². The van der Waals surface area contributed by atoms with E-state index in [0.29, 0.717) is 29.7 Å². The van der Waals surface area contributed by atoms with E-state index in [1.54, 1.807) is 25.1 Å². The van der Waals surface area contributed by atoms with Gasteiger partial charge in [-0.3, -0.25) is 4.79 Å². The Hall–Kier alpha value is -0.810. The highest BCUT2D eigenvalue weighted by atomic mass is 35.5. The summed E-state index contributed by atoms with van der Waals surface area (Å²) in [6.07, 6.45) is -0.404. The summed E-state index contributed by atoms with van der Waals surface area (Å²) in [7, 11) is 0. The van der Waals surface area contributed by atoms with Gasteiger partial charge < -0.3 is 15.7 Å². The third-order valence-electron chi connectivity index (χ3n) is 2.22. The van der Waals surface area contributed by atoms with Gasteiger partial charge in [0.15, 0.2) is 0 Å². The van der Waals surface area contributed by atoms with Crippen molar-refractivity contribution in [2.24, 2.45) is 0 Å². The van der Waals surface area contributed by atoms with Crippen molar-refractivity contribution in [2.75, 3.05) is 19.6 Å². The van der Waals surface area contributed by atoms with E-state index < -0.39 is 6.10 Å². The molecule has 0 aliphatic heterocycles. The van der Waals surface area contributed by atoms with Gasteiger partial charge in [-0.05, 0) is 19.1 Å². The van der Waals surface area contributed by atoms with Crippen molar-refractivity contribution in [2.45, 2.75) is 13.0 Å². The van der Waals surface area contributed by atoms with Crippen LogP contribution in [0.15, 0.2) is 18.2 Å². The van der Waals surface area contributed by atoms with E-state index in [2.05, 4.69) is 10.6 Å². The summed E-state index contributed by atoms with van der Waals surface area (Å²) in [6.45, 7) is 3.18. The summed E-state index contributed by atoms with van der Waals surface area (Å²) >= 11 is 11.8. The first-order valence-electron chi connectivity index (χ1n) is 5.63. The maximum Gasteiger partial charge on any atom is 0.254 e. The van der Waals surface area contributed by atoms with Crippen molar-refractivity contribution >= 4 is 29.1 Å². The first-order chi connectivity index (χ1) is 8.52. The maximum atomic E-state index is 11.8. The number of carbonyl (C=O) groups is 1. The smallest absolute Gasteiger partial charge is 0.254 e. The third kappa shape index (κ3) is 4.82. The average Bonchev–Trinajstić information content (AvgIpc) is 2.27. The van der Waals surface area contributed by atoms with Crippen molar-refractivity contribution in [3.63, 3.8) is 0 Å². The van der Waals surface area contributed by atoms with E-state index in [0.717, 1.165) is 0 Å². The van der Waals surface area contributed by atoms with Crippen LogP contribution in [0.3, 0.4) is 0 Å². The van der Waals surface area contributed by atoms with Crippen molar-refractivity contribution < 1.29 is 9.90 Å². The normalized spacial score (nSPS) is 12.2. The molecule has 4 nitrogen and oxygen atoms in total. The molecule has 0 saturated carbocycles. The van der Waals surface area contributed by atoms with Gasteiger partial charge in [-0.15, -0.1) is 0 Å². The highest BCUT2D eigenvalue weighted by Gasteiger charge is 2.13. The summed E-state index contributed by atoms with van der Waals surface area (Å²) in [5.41, 5.74) is 0.288. The number of aliphatic hydroxyl groups excluding tert-OH is 1. The van der Waals surface area contributed by atoms with Gasteiger partial charge in [-0.1, -0.05) is 29.3 Å². The Bertz CT molecular complexity index is 391. The SMILES string of the molecule is CC(O)CNCCNC(=O)c1c(Cl)cccc1Cl. The van der Waals surface area contributed by atoms with Gasteiger partial charge in [0.1, 0.15) is 0 Å². The lowest BCUT2D eigenvalue weighted by Gasteiger charge is -2.09. The topological polar surface area (TPSA) is 61.4 Å². The first kappa shape index (κ1) is 15.2. The number of carbonyl (C=O) groups excluding carboxylic acids is 1. The standard InChI is InChI=1S/C12H16Cl2N2O2/c1-8(17)7-15-5-6-16-12(18)11-9(13)3-2-4-10(11)14/h2-4,8,15,17H,5-7H2,1H3,(H,16,18). The highest BCUT2D eigenvalue weighted by Crippen LogP contribution is 2.23. The molecular weight excluding hydrogens is 275 g/mol. The number of aliphatic hydroxyl groups is 1. The van der Waals surface area contributed by atoms with Crippen molar-refractivity contribution in [3.8, 4) is 0 Å². The first-order valence-corrected chi connectivity index (χ1v) is 6.39. The molecule has 100 valence electrons. The fourth-order valence-electron chi connectivity index (χ4n) is 1.38. The molecule has 1 aromatic carbocycles. The molecule has 0 aromatic heterocycles. The molecule has 0 radical (unpaired) electrons. The van der Waals surface area contributed by atoms with E-state index in [9.17, 15) is 4.79 Å². The average molecular weight is 291 g/mol. The molecule has 18 heavy (non-hydrogen) atoms. The molecule has 1 amide bonds. The zero-order chi connectivity index (χ0) is 13.5. The number of nitrogens with one attached hydrogen (secondary N) is 2. The Morgan fingerprint density at radius 2 is 1.94 bits per heavy atom. The number of hydrogen-bond donors (Lipinski definition) is 3. The molecule has 6 heteroatoms. The Morgan fingerprint density at radius 1 is 1.33 bits per heavy atom. The highest BCUT2D eigenvalue weighted by molar-refractivity contribution is 6.39. The lowest BCUT2D eigenvalue weighted by molar-refractivity contribution is 0.0954. The number of amides is 1. The van der Waals surface area contributed by atoms with E-state index in [-0.39, 0.29) is 11.5 Å². The molecule has 0 saturated heterocycles. The van der Waals surface area contributed by atoms with E-state index in [4.69, 9.17) is 28.3 Å². The van der Waals surface area contributed by atoms with Gasteiger partial charge >= 0.3 is 0 Å².